The average Bonchev–Trinajstić information content (AvgIpc) is 3.49. The van der Waals surface area contributed by atoms with Gasteiger partial charge in [0, 0.05) is 36.6 Å². The Bertz CT molecular complexity index is 1260. The molecular weight excluding hydrogens is 449 g/mol. The fourth-order valence-electron chi connectivity index (χ4n) is 4.32. The number of imide groups is 1. The summed E-state index contributed by atoms with van der Waals surface area (Å²) in [6.07, 6.45) is 8.13. The van der Waals surface area contributed by atoms with E-state index >= 15 is 0 Å². The van der Waals surface area contributed by atoms with E-state index < -0.39 is 23.8 Å². The summed E-state index contributed by atoms with van der Waals surface area (Å²) in [4.78, 5) is 37.5. The van der Waals surface area contributed by atoms with Crippen molar-refractivity contribution in [1.82, 2.24) is 23.9 Å². The summed E-state index contributed by atoms with van der Waals surface area (Å²) >= 11 is 6.14. The molecule has 0 saturated carbocycles. The van der Waals surface area contributed by atoms with E-state index in [4.69, 9.17) is 11.6 Å². The molecule has 2 aliphatic heterocycles. The zero-order valence-corrected chi connectivity index (χ0v) is 18.9. The molecule has 1 atom stereocenters. The minimum absolute atomic E-state index is 0.103. The number of amidine groups is 1. The summed E-state index contributed by atoms with van der Waals surface area (Å²) < 4.78 is 20.2. The van der Waals surface area contributed by atoms with Crippen molar-refractivity contribution >= 4 is 35.3 Å². The molecule has 11 heteroatoms. The second-order valence-corrected chi connectivity index (χ2v) is 8.53. The topological polar surface area (TPSA) is 79.6 Å². The molecule has 3 amide bonds. The summed E-state index contributed by atoms with van der Waals surface area (Å²) in [7, 11) is 1.57. The normalized spacial score (nSPS) is 17.5. The highest BCUT2D eigenvalue weighted by atomic mass is 35.5. The zero-order chi connectivity index (χ0) is 23.3. The number of imidazole rings is 2. The van der Waals surface area contributed by atoms with Crippen LogP contribution in [-0.4, -0.2) is 48.7 Å². The van der Waals surface area contributed by atoms with E-state index in [1.807, 2.05) is 28.5 Å². The lowest BCUT2D eigenvalue weighted by molar-refractivity contribution is -0.677. The highest BCUT2D eigenvalue weighted by Gasteiger charge is 2.53. The van der Waals surface area contributed by atoms with Crippen molar-refractivity contribution in [3.05, 3.63) is 65.2 Å². The lowest BCUT2D eigenvalue weighted by atomic mass is 10.1. The minimum Gasteiger partial charge on any atom is -0.337 e. The molecule has 4 heterocycles. The van der Waals surface area contributed by atoms with Crippen LogP contribution in [0.1, 0.15) is 23.7 Å². The SMILES string of the molecule is Cc1c[n+]2c(n1CCCn1ccnc1)N=C1C2C(=O)N(Cc2c(F)cccc2Cl)C(=O)N1C. The van der Waals surface area contributed by atoms with E-state index in [1.165, 1.54) is 23.1 Å². The van der Waals surface area contributed by atoms with Crippen molar-refractivity contribution in [2.75, 3.05) is 7.05 Å². The number of benzene rings is 1. The van der Waals surface area contributed by atoms with Crippen molar-refractivity contribution in [3.8, 4) is 0 Å². The van der Waals surface area contributed by atoms with Gasteiger partial charge in [-0.2, -0.15) is 0 Å². The van der Waals surface area contributed by atoms with Gasteiger partial charge >= 0.3 is 12.0 Å². The first-order valence-corrected chi connectivity index (χ1v) is 10.9. The largest absolute Gasteiger partial charge is 0.401 e. The molecule has 5 rings (SSSR count). The molecule has 0 N–H and O–H groups in total. The molecule has 170 valence electrons. The van der Waals surface area contributed by atoms with E-state index in [2.05, 4.69) is 9.98 Å². The van der Waals surface area contributed by atoms with Crippen LogP contribution in [0.3, 0.4) is 0 Å². The first kappa shape index (κ1) is 21.3. The number of carbonyl (C=O) groups excluding carboxylic acids is 2. The molecule has 9 nitrogen and oxygen atoms in total. The number of nitrogens with zero attached hydrogens (tertiary/aromatic N) is 7. The van der Waals surface area contributed by atoms with Crippen molar-refractivity contribution in [2.24, 2.45) is 4.99 Å². The molecule has 3 aromatic rings. The van der Waals surface area contributed by atoms with Gasteiger partial charge in [0.1, 0.15) is 17.7 Å². The second kappa shape index (κ2) is 8.11. The van der Waals surface area contributed by atoms with Crippen LogP contribution in [0.4, 0.5) is 15.1 Å². The summed E-state index contributed by atoms with van der Waals surface area (Å²) in [6.45, 7) is 3.19. The highest BCUT2D eigenvalue weighted by Crippen LogP contribution is 2.31. The number of aryl methyl sites for hydroxylation is 2. The summed E-state index contributed by atoms with van der Waals surface area (Å²) in [5, 5.41) is 0.164. The smallest absolute Gasteiger partial charge is 0.337 e. The van der Waals surface area contributed by atoms with Gasteiger partial charge in [-0.25, -0.2) is 23.3 Å². The molecule has 1 saturated heterocycles. The maximum Gasteiger partial charge on any atom is 0.401 e. The van der Waals surface area contributed by atoms with Crippen molar-refractivity contribution in [3.63, 3.8) is 0 Å². The van der Waals surface area contributed by atoms with Gasteiger partial charge in [-0.1, -0.05) is 22.7 Å². The van der Waals surface area contributed by atoms with Gasteiger partial charge in [0.05, 0.1) is 19.4 Å². The number of likely N-dealkylation sites (N-methyl/N-ethyl adjacent to an activating group) is 1. The maximum atomic E-state index is 14.4. The van der Waals surface area contributed by atoms with Crippen LogP contribution in [-0.2, 0) is 24.4 Å². The Labute approximate surface area is 194 Å². The summed E-state index contributed by atoms with van der Waals surface area (Å²) in [6, 6.07) is 2.91. The maximum absolute atomic E-state index is 14.4. The molecule has 0 aliphatic carbocycles. The number of hydrogen-bond acceptors (Lipinski definition) is 4. The van der Waals surface area contributed by atoms with Crippen LogP contribution < -0.4 is 4.57 Å². The Morgan fingerprint density at radius 3 is 2.79 bits per heavy atom. The van der Waals surface area contributed by atoms with E-state index in [9.17, 15) is 14.0 Å². The van der Waals surface area contributed by atoms with Gasteiger partial charge in [-0.05, 0) is 25.5 Å². The first-order chi connectivity index (χ1) is 15.9. The Morgan fingerprint density at radius 2 is 2.06 bits per heavy atom. The summed E-state index contributed by atoms with van der Waals surface area (Å²) in [5.74, 6) is -0.0588. The molecule has 0 bridgehead atoms. The fourth-order valence-corrected chi connectivity index (χ4v) is 4.55. The Morgan fingerprint density at radius 1 is 1.24 bits per heavy atom. The van der Waals surface area contributed by atoms with Gasteiger partial charge in [0.25, 0.3) is 5.91 Å². The second-order valence-electron chi connectivity index (χ2n) is 8.12. The van der Waals surface area contributed by atoms with E-state index in [0.717, 1.165) is 23.6 Å². The average molecular weight is 471 g/mol. The molecule has 1 fully saturated rings. The van der Waals surface area contributed by atoms with Crippen molar-refractivity contribution in [2.45, 2.75) is 39.0 Å². The molecule has 1 aromatic carbocycles. The number of carbonyl (C=O) groups is 2. The number of halogens is 2. The van der Waals surface area contributed by atoms with Crippen LogP contribution >= 0.6 is 11.6 Å². The molecule has 2 aliphatic rings. The first-order valence-electron chi connectivity index (χ1n) is 10.5. The zero-order valence-electron chi connectivity index (χ0n) is 18.2. The number of aromatic nitrogens is 4. The lowest BCUT2D eigenvalue weighted by Gasteiger charge is -2.33. The van der Waals surface area contributed by atoms with E-state index in [0.29, 0.717) is 18.3 Å². The third-order valence-corrected chi connectivity index (χ3v) is 6.41. The number of aliphatic imine (C=N–C) groups is 1. The third-order valence-electron chi connectivity index (χ3n) is 6.06. The standard InChI is InChI=1S/C22H22ClFN7O2/c1-14-11-30-18-19(26-21(30)29(14)9-4-8-28-10-7-25-13-28)27(2)22(33)31(20(18)32)12-15-16(23)5-3-6-17(15)24/h3,5-7,10-11,13,18H,4,8-9,12H2,1-2H3/q+1. The van der Waals surface area contributed by atoms with Crippen molar-refractivity contribution < 1.29 is 18.5 Å². The van der Waals surface area contributed by atoms with Gasteiger partial charge in [-0.15, -0.1) is 0 Å². The molecular formula is C22H22ClFN7O2+. The van der Waals surface area contributed by atoms with Gasteiger partial charge < -0.3 is 4.57 Å². The number of urea groups is 1. The molecule has 1 unspecified atom stereocenters. The van der Waals surface area contributed by atoms with Crippen molar-refractivity contribution in [1.29, 1.82) is 0 Å². The Balaban J connectivity index is 1.43. The number of rotatable bonds is 6. The Kier molecular flexibility index (Phi) is 5.24. The molecule has 33 heavy (non-hydrogen) atoms. The quantitative estimate of drug-likeness (QED) is 0.520. The van der Waals surface area contributed by atoms with E-state index in [-0.39, 0.29) is 17.1 Å². The van der Waals surface area contributed by atoms with Crippen LogP contribution in [0.15, 0.2) is 48.1 Å². The lowest BCUT2D eigenvalue weighted by Crippen LogP contribution is -2.62. The highest BCUT2D eigenvalue weighted by molar-refractivity contribution is 6.31. The van der Waals surface area contributed by atoms with Crippen LogP contribution in [0, 0.1) is 12.7 Å². The minimum atomic E-state index is -0.790. The third kappa shape index (κ3) is 3.50. The number of hydrogen-bond donors (Lipinski definition) is 0. The predicted molar refractivity (Wildman–Crippen MR) is 117 cm³/mol. The molecule has 2 aromatic heterocycles. The number of amides is 3. The van der Waals surface area contributed by atoms with E-state index in [1.54, 1.807) is 24.1 Å². The van der Waals surface area contributed by atoms with Crippen LogP contribution in [0.2, 0.25) is 5.02 Å². The van der Waals surface area contributed by atoms with Gasteiger partial charge in [0.15, 0.2) is 0 Å². The Hall–Kier alpha value is -3.53. The van der Waals surface area contributed by atoms with Gasteiger partial charge in [-0.3, -0.25) is 14.6 Å². The fraction of sp³-hybridized carbons (Fsp3) is 0.318. The molecule has 0 spiro atoms. The monoisotopic (exact) mass is 470 g/mol. The summed E-state index contributed by atoms with van der Waals surface area (Å²) in [5.41, 5.74) is 1.06. The van der Waals surface area contributed by atoms with Crippen LogP contribution in [0.5, 0.6) is 0 Å². The number of fused-ring (bicyclic) bond motifs is 3. The predicted octanol–water partition coefficient (Wildman–Crippen LogP) is 2.84. The van der Waals surface area contributed by atoms with Crippen LogP contribution in [0.25, 0.3) is 0 Å². The van der Waals surface area contributed by atoms with Gasteiger partial charge in [0.2, 0.25) is 11.9 Å². The molecule has 0 radical (unpaired) electrons.